The molecule has 0 aliphatic carbocycles. The molecule has 26 heavy (non-hydrogen) atoms. The molecule has 4 rings (SSSR count). The Morgan fingerprint density at radius 1 is 0.808 bits per heavy atom. The predicted molar refractivity (Wildman–Crippen MR) is 104 cm³/mol. The SMILES string of the molecule is Cc1ccccc1Nc1nccc(Nc2cnnc3c(C)cccc23)n1. The third-order valence-corrected chi connectivity index (χ3v) is 4.18. The number of rotatable bonds is 4. The summed E-state index contributed by atoms with van der Waals surface area (Å²) in [5.41, 5.74) is 4.94. The molecular weight excluding hydrogens is 324 g/mol. The van der Waals surface area contributed by atoms with Crippen LogP contribution < -0.4 is 10.6 Å². The second-order valence-electron chi connectivity index (χ2n) is 6.06. The quantitative estimate of drug-likeness (QED) is 0.568. The molecule has 0 saturated carbocycles. The molecule has 0 fully saturated rings. The second-order valence-corrected chi connectivity index (χ2v) is 6.06. The second kappa shape index (κ2) is 6.76. The molecule has 0 bridgehead atoms. The predicted octanol–water partition coefficient (Wildman–Crippen LogP) is 4.52. The largest absolute Gasteiger partial charge is 0.338 e. The lowest BCUT2D eigenvalue weighted by Gasteiger charge is -2.11. The normalized spacial score (nSPS) is 10.7. The molecule has 4 aromatic rings. The lowest BCUT2D eigenvalue weighted by Crippen LogP contribution is -2.02. The summed E-state index contributed by atoms with van der Waals surface area (Å²) in [6.45, 7) is 4.07. The summed E-state index contributed by atoms with van der Waals surface area (Å²) in [6.07, 6.45) is 3.43. The molecule has 2 heterocycles. The Balaban J connectivity index is 1.64. The Bertz CT molecular complexity index is 1080. The highest BCUT2D eigenvalue weighted by Gasteiger charge is 2.07. The Kier molecular flexibility index (Phi) is 4.15. The molecule has 2 aromatic heterocycles. The van der Waals surface area contributed by atoms with Gasteiger partial charge >= 0.3 is 0 Å². The molecule has 6 heteroatoms. The number of nitrogens with zero attached hydrogens (tertiary/aromatic N) is 4. The van der Waals surface area contributed by atoms with Crippen molar-refractivity contribution in [2.24, 2.45) is 0 Å². The van der Waals surface area contributed by atoms with Crippen LogP contribution in [0.3, 0.4) is 0 Å². The highest BCUT2D eigenvalue weighted by Crippen LogP contribution is 2.26. The molecule has 2 aromatic carbocycles. The monoisotopic (exact) mass is 342 g/mol. The third-order valence-electron chi connectivity index (χ3n) is 4.18. The van der Waals surface area contributed by atoms with Crippen LogP contribution in [0.2, 0.25) is 0 Å². The van der Waals surface area contributed by atoms with Gasteiger partial charge < -0.3 is 10.6 Å². The molecule has 0 aliphatic heterocycles. The maximum atomic E-state index is 4.55. The van der Waals surface area contributed by atoms with Gasteiger partial charge in [0.2, 0.25) is 5.95 Å². The molecule has 6 nitrogen and oxygen atoms in total. The van der Waals surface area contributed by atoms with E-state index in [1.807, 2.05) is 62.4 Å². The number of hydrogen-bond acceptors (Lipinski definition) is 6. The van der Waals surface area contributed by atoms with Crippen molar-refractivity contribution in [3.05, 3.63) is 72.1 Å². The number of nitrogens with one attached hydrogen (secondary N) is 2. The minimum atomic E-state index is 0.534. The van der Waals surface area contributed by atoms with Crippen molar-refractivity contribution in [2.45, 2.75) is 13.8 Å². The van der Waals surface area contributed by atoms with Crippen molar-refractivity contribution in [3.63, 3.8) is 0 Å². The zero-order valence-corrected chi connectivity index (χ0v) is 14.6. The Morgan fingerprint density at radius 3 is 2.54 bits per heavy atom. The van der Waals surface area contributed by atoms with Crippen LogP contribution in [0, 0.1) is 13.8 Å². The molecule has 0 spiro atoms. The molecule has 128 valence electrons. The van der Waals surface area contributed by atoms with E-state index in [0.717, 1.165) is 33.4 Å². The van der Waals surface area contributed by atoms with Gasteiger partial charge in [0.1, 0.15) is 5.82 Å². The van der Waals surface area contributed by atoms with Crippen LogP contribution in [-0.4, -0.2) is 20.2 Å². The van der Waals surface area contributed by atoms with Gasteiger partial charge in [-0.1, -0.05) is 36.4 Å². The fourth-order valence-electron chi connectivity index (χ4n) is 2.78. The van der Waals surface area contributed by atoms with Crippen molar-refractivity contribution >= 4 is 34.0 Å². The Morgan fingerprint density at radius 2 is 1.65 bits per heavy atom. The summed E-state index contributed by atoms with van der Waals surface area (Å²) in [7, 11) is 0. The highest BCUT2D eigenvalue weighted by molar-refractivity contribution is 5.93. The first kappa shape index (κ1) is 16.0. The van der Waals surface area contributed by atoms with Crippen molar-refractivity contribution in [1.29, 1.82) is 0 Å². The summed E-state index contributed by atoms with van der Waals surface area (Å²) >= 11 is 0. The van der Waals surface area contributed by atoms with E-state index in [4.69, 9.17) is 0 Å². The van der Waals surface area contributed by atoms with Gasteiger partial charge in [-0.05, 0) is 37.1 Å². The van der Waals surface area contributed by atoms with Gasteiger partial charge in [0.25, 0.3) is 0 Å². The van der Waals surface area contributed by atoms with E-state index in [0.29, 0.717) is 11.8 Å². The van der Waals surface area contributed by atoms with Gasteiger partial charge in [-0.2, -0.15) is 15.2 Å². The van der Waals surface area contributed by atoms with E-state index < -0.39 is 0 Å². The van der Waals surface area contributed by atoms with Crippen LogP contribution in [0.25, 0.3) is 10.9 Å². The number of aromatic nitrogens is 4. The maximum absolute atomic E-state index is 4.55. The van der Waals surface area contributed by atoms with Crippen LogP contribution in [0.4, 0.5) is 23.1 Å². The highest BCUT2D eigenvalue weighted by atomic mass is 15.2. The fourth-order valence-corrected chi connectivity index (χ4v) is 2.78. The van der Waals surface area contributed by atoms with Crippen molar-refractivity contribution in [3.8, 4) is 0 Å². The standard InChI is InChI=1S/C20H18N6/c1-13-6-3-4-9-16(13)24-20-21-11-10-18(25-20)23-17-12-22-26-19-14(2)7-5-8-15(17)19/h3-12H,1-2H3,(H2,21,23,24,25,26). The molecule has 0 amide bonds. The van der Waals surface area contributed by atoms with Gasteiger partial charge in [-0.3, -0.25) is 0 Å². The smallest absolute Gasteiger partial charge is 0.229 e. The number of anilines is 4. The minimum Gasteiger partial charge on any atom is -0.338 e. The topological polar surface area (TPSA) is 75.6 Å². The van der Waals surface area contributed by atoms with E-state index in [9.17, 15) is 0 Å². The lowest BCUT2D eigenvalue weighted by atomic mass is 10.1. The zero-order valence-electron chi connectivity index (χ0n) is 14.6. The number of para-hydroxylation sites is 1. The first-order valence-corrected chi connectivity index (χ1v) is 8.34. The summed E-state index contributed by atoms with van der Waals surface area (Å²) in [5.74, 6) is 1.22. The molecule has 0 saturated heterocycles. The molecule has 2 N–H and O–H groups in total. The van der Waals surface area contributed by atoms with E-state index in [2.05, 4.69) is 30.8 Å². The van der Waals surface area contributed by atoms with Crippen molar-refractivity contribution < 1.29 is 0 Å². The lowest BCUT2D eigenvalue weighted by molar-refractivity contribution is 1.07. The summed E-state index contributed by atoms with van der Waals surface area (Å²) in [4.78, 5) is 8.86. The number of aryl methyl sites for hydroxylation is 2. The number of fused-ring (bicyclic) bond motifs is 1. The van der Waals surface area contributed by atoms with Gasteiger partial charge in [-0.15, -0.1) is 0 Å². The average molecular weight is 342 g/mol. The van der Waals surface area contributed by atoms with Crippen LogP contribution in [0.1, 0.15) is 11.1 Å². The van der Waals surface area contributed by atoms with Crippen LogP contribution >= 0.6 is 0 Å². The molecular formula is C20H18N6. The van der Waals surface area contributed by atoms with Crippen LogP contribution in [0.15, 0.2) is 60.9 Å². The zero-order chi connectivity index (χ0) is 17.9. The average Bonchev–Trinajstić information content (AvgIpc) is 2.65. The van der Waals surface area contributed by atoms with Gasteiger partial charge in [-0.25, -0.2) is 4.98 Å². The Hall–Kier alpha value is -3.54. The van der Waals surface area contributed by atoms with Gasteiger partial charge in [0, 0.05) is 17.3 Å². The van der Waals surface area contributed by atoms with E-state index >= 15 is 0 Å². The fraction of sp³-hybridized carbons (Fsp3) is 0.100. The van der Waals surface area contributed by atoms with Gasteiger partial charge in [0.15, 0.2) is 0 Å². The first-order valence-electron chi connectivity index (χ1n) is 8.34. The summed E-state index contributed by atoms with van der Waals surface area (Å²) in [5, 5.41) is 15.9. The number of benzene rings is 2. The molecule has 0 unspecified atom stereocenters. The maximum Gasteiger partial charge on any atom is 0.229 e. The Labute approximate surface area is 151 Å². The third kappa shape index (κ3) is 3.17. The summed E-state index contributed by atoms with van der Waals surface area (Å²) < 4.78 is 0. The van der Waals surface area contributed by atoms with Crippen LogP contribution in [0.5, 0.6) is 0 Å². The minimum absolute atomic E-state index is 0.534. The molecule has 0 aliphatic rings. The van der Waals surface area contributed by atoms with E-state index in [1.165, 1.54) is 0 Å². The molecule has 0 atom stereocenters. The van der Waals surface area contributed by atoms with Gasteiger partial charge in [0.05, 0.1) is 17.4 Å². The van der Waals surface area contributed by atoms with E-state index in [-0.39, 0.29) is 0 Å². The first-order chi connectivity index (χ1) is 12.7. The summed E-state index contributed by atoms with van der Waals surface area (Å²) in [6, 6.07) is 15.9. The van der Waals surface area contributed by atoms with Crippen molar-refractivity contribution in [1.82, 2.24) is 20.2 Å². The number of hydrogen-bond donors (Lipinski definition) is 2. The molecule has 0 radical (unpaired) electrons. The van der Waals surface area contributed by atoms with E-state index in [1.54, 1.807) is 12.4 Å². The van der Waals surface area contributed by atoms with Crippen molar-refractivity contribution in [2.75, 3.05) is 10.6 Å². The van der Waals surface area contributed by atoms with Crippen LogP contribution in [-0.2, 0) is 0 Å².